The molecule has 2 aromatic carbocycles. The number of hydrogen-bond acceptors (Lipinski definition) is 6. The van der Waals surface area contributed by atoms with Crippen LogP contribution in [0.4, 0.5) is 24.7 Å². The van der Waals surface area contributed by atoms with Crippen LogP contribution in [-0.2, 0) is 4.79 Å². The third-order valence-corrected chi connectivity index (χ3v) is 6.48. The van der Waals surface area contributed by atoms with Crippen molar-refractivity contribution in [3.8, 4) is 34.2 Å². The Labute approximate surface area is 239 Å². The summed E-state index contributed by atoms with van der Waals surface area (Å²) in [6.45, 7) is 5.84. The Morgan fingerprint density at radius 2 is 1.86 bits per heavy atom. The molecule has 42 heavy (non-hydrogen) atoms. The van der Waals surface area contributed by atoms with E-state index < -0.39 is 18.6 Å². The third kappa shape index (κ3) is 5.76. The van der Waals surface area contributed by atoms with Gasteiger partial charge in [0.05, 0.1) is 34.8 Å². The Kier molecular flexibility index (Phi) is 8.24. The summed E-state index contributed by atoms with van der Waals surface area (Å²) in [4.78, 5) is 28.6. The highest BCUT2D eigenvalue weighted by Gasteiger charge is 2.30. The second-order valence-electron chi connectivity index (χ2n) is 9.56. The molecule has 0 aliphatic carbocycles. The summed E-state index contributed by atoms with van der Waals surface area (Å²) < 4.78 is 45.5. The molecule has 2 heterocycles. The number of carbonyl (C=O) groups is 2. The number of rotatable bonds is 8. The summed E-state index contributed by atoms with van der Waals surface area (Å²) in [5.41, 5.74) is 10.1. The number of benzene rings is 2. The monoisotopic (exact) mass is 576 g/mol. The number of nitrogens with one attached hydrogen (secondary N) is 2. The number of amides is 2. The zero-order valence-corrected chi connectivity index (χ0v) is 23.0. The summed E-state index contributed by atoms with van der Waals surface area (Å²) in [6.07, 6.45) is -2.03. The highest BCUT2D eigenvalue weighted by molar-refractivity contribution is 6.11. The van der Waals surface area contributed by atoms with Crippen molar-refractivity contribution in [1.82, 2.24) is 14.9 Å². The maximum Gasteiger partial charge on any atom is 0.405 e. The standard InChI is InChI=1S/C30H27F3N6O3/c1-5-23(40)38-20-9-6-17(7-10-20)26-24(25-27(39(26)16(2)3)19(13-34)14-36-28(25)35)18-8-11-21(22(12-18)42-4)29(41)37-15-30(31,32)33/h5-12,14,16H,1,15H2,2-4H3,(H2,35,36)(H,37,41)(H,38,40). The van der Waals surface area contributed by atoms with Gasteiger partial charge in [-0.05, 0) is 55.3 Å². The van der Waals surface area contributed by atoms with Gasteiger partial charge in [-0.25, -0.2) is 4.98 Å². The molecule has 4 aromatic rings. The number of nitrogens with zero attached hydrogens (tertiary/aromatic N) is 3. The number of halogens is 3. The Morgan fingerprint density at radius 3 is 2.43 bits per heavy atom. The van der Waals surface area contributed by atoms with E-state index in [1.807, 2.05) is 23.7 Å². The van der Waals surface area contributed by atoms with Gasteiger partial charge >= 0.3 is 6.18 Å². The number of fused-ring (bicyclic) bond motifs is 1. The molecule has 216 valence electrons. The maximum atomic E-state index is 12.7. The number of nitrogen functional groups attached to an aromatic ring is 1. The maximum absolute atomic E-state index is 12.7. The van der Waals surface area contributed by atoms with Gasteiger partial charge in [0.25, 0.3) is 5.91 Å². The van der Waals surface area contributed by atoms with Crippen molar-refractivity contribution in [2.75, 3.05) is 24.7 Å². The Bertz CT molecular complexity index is 1730. The molecule has 12 heteroatoms. The lowest BCUT2D eigenvalue weighted by molar-refractivity contribution is -0.123. The zero-order chi connectivity index (χ0) is 30.8. The van der Waals surface area contributed by atoms with Gasteiger partial charge in [-0.2, -0.15) is 18.4 Å². The highest BCUT2D eigenvalue weighted by Crippen LogP contribution is 2.46. The molecule has 9 nitrogen and oxygen atoms in total. The van der Waals surface area contributed by atoms with Crippen LogP contribution in [0.5, 0.6) is 5.75 Å². The van der Waals surface area contributed by atoms with Crippen LogP contribution in [0.3, 0.4) is 0 Å². The van der Waals surface area contributed by atoms with Crippen molar-refractivity contribution in [2.45, 2.75) is 26.1 Å². The van der Waals surface area contributed by atoms with Crippen LogP contribution in [0.15, 0.2) is 61.3 Å². The average Bonchev–Trinajstić information content (AvgIpc) is 3.33. The minimum atomic E-state index is -4.58. The second kappa shape index (κ2) is 11.7. The van der Waals surface area contributed by atoms with E-state index >= 15 is 0 Å². The molecule has 2 amide bonds. The summed E-state index contributed by atoms with van der Waals surface area (Å²) in [5.74, 6) is -1.14. The van der Waals surface area contributed by atoms with Gasteiger partial charge in [-0.3, -0.25) is 9.59 Å². The van der Waals surface area contributed by atoms with E-state index in [4.69, 9.17) is 10.5 Å². The quantitative estimate of drug-likeness (QED) is 0.226. The van der Waals surface area contributed by atoms with Gasteiger partial charge in [-0.15, -0.1) is 0 Å². The van der Waals surface area contributed by atoms with E-state index in [-0.39, 0.29) is 34.6 Å². The van der Waals surface area contributed by atoms with Gasteiger partial charge in [0.1, 0.15) is 24.2 Å². The topological polar surface area (TPSA) is 135 Å². The van der Waals surface area contributed by atoms with Gasteiger partial charge in [0, 0.05) is 23.5 Å². The van der Waals surface area contributed by atoms with Crippen molar-refractivity contribution >= 4 is 34.2 Å². The van der Waals surface area contributed by atoms with Crippen LogP contribution in [0, 0.1) is 11.3 Å². The first kappa shape index (κ1) is 29.7. The van der Waals surface area contributed by atoms with Crippen LogP contribution in [0.25, 0.3) is 33.3 Å². The molecule has 0 saturated heterocycles. The fraction of sp³-hybridized carbons (Fsp3) is 0.200. The van der Waals surface area contributed by atoms with Crippen LogP contribution in [0.1, 0.15) is 35.8 Å². The minimum absolute atomic E-state index is 0.0361. The number of carbonyl (C=O) groups excluding carboxylic acids is 2. The SMILES string of the molecule is C=CC(=O)Nc1ccc(-c2c(-c3ccc(C(=O)NCC(F)(F)F)c(OC)c3)c3c(N)ncc(C#N)c3n2C(C)C)cc1. The Balaban J connectivity index is 2.00. The molecule has 0 fully saturated rings. The first-order chi connectivity index (χ1) is 19.9. The normalized spacial score (nSPS) is 11.3. The van der Waals surface area contributed by atoms with Crippen molar-refractivity contribution < 1.29 is 27.5 Å². The second-order valence-corrected chi connectivity index (χ2v) is 9.56. The fourth-order valence-electron chi connectivity index (χ4n) is 4.74. The lowest BCUT2D eigenvalue weighted by atomic mass is 9.96. The molecule has 0 aliphatic rings. The largest absolute Gasteiger partial charge is 0.496 e. The van der Waals surface area contributed by atoms with Gasteiger partial charge in [0.2, 0.25) is 5.91 Å². The molecule has 0 bridgehead atoms. The lowest BCUT2D eigenvalue weighted by Crippen LogP contribution is -2.33. The van der Waals surface area contributed by atoms with E-state index in [0.29, 0.717) is 39.0 Å². The molecule has 0 aliphatic heterocycles. The first-order valence-corrected chi connectivity index (χ1v) is 12.7. The summed E-state index contributed by atoms with van der Waals surface area (Å²) in [5, 5.41) is 15.0. The van der Waals surface area contributed by atoms with Crippen molar-refractivity contribution in [3.63, 3.8) is 0 Å². The summed E-state index contributed by atoms with van der Waals surface area (Å²) in [6, 6.07) is 13.5. The number of pyridine rings is 1. The fourth-order valence-corrected chi connectivity index (χ4v) is 4.74. The van der Waals surface area contributed by atoms with Crippen molar-refractivity contribution in [1.29, 1.82) is 5.26 Å². The zero-order valence-electron chi connectivity index (χ0n) is 23.0. The molecule has 0 unspecified atom stereocenters. The molecule has 0 spiro atoms. The van der Waals surface area contributed by atoms with E-state index in [1.165, 1.54) is 25.4 Å². The molecule has 0 saturated carbocycles. The summed E-state index contributed by atoms with van der Waals surface area (Å²) in [7, 11) is 1.30. The minimum Gasteiger partial charge on any atom is -0.496 e. The van der Waals surface area contributed by atoms with E-state index in [0.717, 1.165) is 6.08 Å². The number of anilines is 2. The number of methoxy groups -OCH3 is 1. The lowest BCUT2D eigenvalue weighted by Gasteiger charge is -2.18. The Morgan fingerprint density at radius 1 is 1.19 bits per heavy atom. The number of ether oxygens (including phenoxy) is 1. The number of nitrogens with two attached hydrogens (primary N) is 1. The van der Waals surface area contributed by atoms with E-state index in [9.17, 15) is 28.0 Å². The van der Waals surface area contributed by atoms with Gasteiger partial charge in [0.15, 0.2) is 0 Å². The van der Waals surface area contributed by atoms with E-state index in [1.54, 1.807) is 30.3 Å². The molecule has 0 atom stereocenters. The van der Waals surface area contributed by atoms with Crippen LogP contribution >= 0.6 is 0 Å². The van der Waals surface area contributed by atoms with Crippen LogP contribution < -0.4 is 21.1 Å². The molecular weight excluding hydrogens is 549 g/mol. The molecule has 0 radical (unpaired) electrons. The number of aromatic nitrogens is 2. The number of hydrogen-bond donors (Lipinski definition) is 3. The highest BCUT2D eigenvalue weighted by atomic mass is 19.4. The summed E-state index contributed by atoms with van der Waals surface area (Å²) >= 11 is 0. The van der Waals surface area contributed by atoms with Gasteiger partial charge in [-0.1, -0.05) is 24.8 Å². The molecule has 4 N–H and O–H groups in total. The molecule has 4 rings (SSSR count). The Hall–Kier alpha value is -5.31. The molecular formula is C30H27F3N6O3. The number of nitriles is 1. The van der Waals surface area contributed by atoms with Crippen LogP contribution in [0.2, 0.25) is 0 Å². The van der Waals surface area contributed by atoms with Crippen LogP contribution in [-0.4, -0.2) is 41.2 Å². The van der Waals surface area contributed by atoms with E-state index in [2.05, 4.69) is 22.9 Å². The predicted molar refractivity (Wildman–Crippen MR) is 154 cm³/mol. The van der Waals surface area contributed by atoms with Crippen molar-refractivity contribution in [2.24, 2.45) is 0 Å². The average molecular weight is 577 g/mol. The smallest absolute Gasteiger partial charge is 0.405 e. The first-order valence-electron chi connectivity index (χ1n) is 12.7. The van der Waals surface area contributed by atoms with Crippen molar-refractivity contribution in [3.05, 3.63) is 72.4 Å². The predicted octanol–water partition coefficient (Wildman–Crippen LogP) is 5.83. The third-order valence-electron chi connectivity index (χ3n) is 6.48. The molecule has 2 aromatic heterocycles. The number of alkyl halides is 3. The van der Waals surface area contributed by atoms with Gasteiger partial charge < -0.3 is 25.7 Å².